The van der Waals surface area contributed by atoms with Gasteiger partial charge in [-0.3, -0.25) is 9.55 Å². The Labute approximate surface area is 237 Å². The molecule has 0 aliphatic heterocycles. The molecular formula is C36H18N6. The molecule has 5 heterocycles. The average Bonchev–Trinajstić information content (AvgIpc) is 3.68. The number of para-hydroxylation sites is 2. The summed E-state index contributed by atoms with van der Waals surface area (Å²) in [6, 6.07) is 36.2. The minimum absolute atomic E-state index is 0.251. The average molecular weight is 535 g/mol. The molecule has 5 aromatic heterocycles. The fourth-order valence-electron chi connectivity index (χ4n) is 7.10. The van der Waals surface area contributed by atoms with Crippen LogP contribution < -0.4 is 0 Å². The van der Waals surface area contributed by atoms with E-state index in [0.29, 0.717) is 17.0 Å². The van der Waals surface area contributed by atoms with Gasteiger partial charge in [0.15, 0.2) is 0 Å². The van der Waals surface area contributed by atoms with Crippen molar-refractivity contribution in [3.8, 4) is 5.95 Å². The van der Waals surface area contributed by atoms with Crippen LogP contribution >= 0.6 is 0 Å². The molecule has 0 aliphatic rings. The maximum absolute atomic E-state index is 7.85. The first-order valence-corrected chi connectivity index (χ1v) is 13.8. The Bertz CT molecular complexity index is 2810. The van der Waals surface area contributed by atoms with Crippen molar-refractivity contribution in [2.45, 2.75) is 0 Å². The van der Waals surface area contributed by atoms with Crippen LogP contribution in [0.1, 0.15) is 0 Å². The Kier molecular flexibility index (Phi) is 3.91. The molecule has 0 N–H and O–H groups in total. The number of benzene rings is 5. The van der Waals surface area contributed by atoms with Crippen molar-refractivity contribution < 1.29 is 0 Å². The predicted molar refractivity (Wildman–Crippen MR) is 170 cm³/mol. The molecule has 5 aromatic carbocycles. The maximum Gasteiger partial charge on any atom is 0.332 e. The number of aromatic nitrogens is 5. The third-order valence-corrected chi connectivity index (χ3v) is 8.72. The minimum Gasteiger partial charge on any atom is -0.359 e. The van der Waals surface area contributed by atoms with Crippen LogP contribution in [0, 0.1) is 6.57 Å². The van der Waals surface area contributed by atoms with Gasteiger partial charge in [-0.1, -0.05) is 84.4 Å². The summed E-state index contributed by atoms with van der Waals surface area (Å²) < 4.78 is 4.57. The summed E-state index contributed by atoms with van der Waals surface area (Å²) in [7, 11) is 0. The molecule has 0 fully saturated rings. The Hall–Kier alpha value is -6.06. The molecule has 0 radical (unpaired) electrons. The van der Waals surface area contributed by atoms with Crippen molar-refractivity contribution in [3.63, 3.8) is 0 Å². The van der Waals surface area contributed by atoms with E-state index in [2.05, 4.69) is 104 Å². The van der Waals surface area contributed by atoms with Crippen LogP contribution in [-0.4, -0.2) is 23.9 Å². The second-order valence-electron chi connectivity index (χ2n) is 10.8. The minimum atomic E-state index is 0.251. The first kappa shape index (κ1) is 21.7. The van der Waals surface area contributed by atoms with Crippen LogP contribution in [0.2, 0.25) is 0 Å². The molecule has 0 spiro atoms. The smallest absolute Gasteiger partial charge is 0.332 e. The van der Waals surface area contributed by atoms with Crippen LogP contribution in [0.5, 0.6) is 0 Å². The fraction of sp³-hybridized carbons (Fsp3) is 0. The highest BCUT2D eigenvalue weighted by Gasteiger charge is 2.26. The van der Waals surface area contributed by atoms with Gasteiger partial charge in [0, 0.05) is 43.9 Å². The SMILES string of the molecule is [C-]#[N+]c1nc(-n2c3ccccc3c3c4c5ccc6ccccc6c5n5c6ccccc6c(cc32)c45)nc2cccnc12. The number of fused-ring (bicyclic) bond motifs is 13. The van der Waals surface area contributed by atoms with Gasteiger partial charge in [0.05, 0.1) is 33.1 Å². The lowest BCUT2D eigenvalue weighted by Crippen LogP contribution is -2.02. The molecule has 10 aromatic rings. The van der Waals surface area contributed by atoms with E-state index in [4.69, 9.17) is 16.5 Å². The molecule has 0 atom stereocenters. The molecule has 6 nitrogen and oxygen atoms in total. The van der Waals surface area contributed by atoms with Gasteiger partial charge in [0.1, 0.15) is 5.52 Å². The van der Waals surface area contributed by atoms with Crippen LogP contribution in [0.25, 0.3) is 92.5 Å². The van der Waals surface area contributed by atoms with E-state index in [-0.39, 0.29) is 5.82 Å². The molecule has 10 rings (SSSR count). The lowest BCUT2D eigenvalue weighted by atomic mass is 10.0. The van der Waals surface area contributed by atoms with E-state index in [1.54, 1.807) is 6.20 Å². The van der Waals surface area contributed by atoms with Gasteiger partial charge in [-0.25, -0.2) is 0 Å². The normalized spacial score (nSPS) is 12.3. The standard InChI is InChI=1S/C36H18N6/c1-37-35-32-26(13-8-18-38-32)39-36(40-35)41-28-15-7-5-12-23(28)30-29(41)19-25-22-11-4-6-14-27(22)42-33-21-10-3-2-9-20(21)16-17-24(33)31(30)34(25)42/h2-19H. The molecular weight excluding hydrogens is 516 g/mol. The summed E-state index contributed by atoms with van der Waals surface area (Å²) in [5.41, 5.74) is 6.82. The summed E-state index contributed by atoms with van der Waals surface area (Å²) in [5.74, 6) is 0.722. The summed E-state index contributed by atoms with van der Waals surface area (Å²) in [6.45, 7) is 7.85. The quantitative estimate of drug-likeness (QED) is 0.198. The van der Waals surface area contributed by atoms with Gasteiger partial charge in [0.2, 0.25) is 0 Å². The zero-order chi connectivity index (χ0) is 27.5. The number of rotatable bonds is 1. The van der Waals surface area contributed by atoms with Gasteiger partial charge in [0.25, 0.3) is 0 Å². The third kappa shape index (κ3) is 2.52. The van der Waals surface area contributed by atoms with Gasteiger partial charge < -0.3 is 9.25 Å². The summed E-state index contributed by atoms with van der Waals surface area (Å²) >= 11 is 0. The lowest BCUT2D eigenvalue weighted by molar-refractivity contribution is 1.01. The van der Waals surface area contributed by atoms with Crippen molar-refractivity contribution in [1.29, 1.82) is 0 Å². The van der Waals surface area contributed by atoms with Crippen molar-refractivity contribution in [2.75, 3.05) is 0 Å². The fourth-order valence-corrected chi connectivity index (χ4v) is 7.10. The van der Waals surface area contributed by atoms with Crippen LogP contribution in [0.3, 0.4) is 0 Å². The van der Waals surface area contributed by atoms with Crippen molar-refractivity contribution >= 4 is 87.5 Å². The highest BCUT2D eigenvalue weighted by Crippen LogP contribution is 2.47. The molecule has 6 heteroatoms. The molecule has 0 unspecified atom stereocenters. The van der Waals surface area contributed by atoms with Crippen LogP contribution in [0.15, 0.2) is 109 Å². The van der Waals surface area contributed by atoms with E-state index in [1.807, 2.05) is 18.2 Å². The summed E-state index contributed by atoms with van der Waals surface area (Å²) in [6.07, 6.45) is 1.68. The van der Waals surface area contributed by atoms with Crippen molar-refractivity contribution in [1.82, 2.24) is 23.9 Å². The zero-order valence-corrected chi connectivity index (χ0v) is 22.1. The van der Waals surface area contributed by atoms with Gasteiger partial charge in [-0.15, -0.1) is 0 Å². The van der Waals surface area contributed by atoms with E-state index in [1.165, 1.54) is 48.9 Å². The Balaban J connectivity index is 1.51. The lowest BCUT2D eigenvalue weighted by Gasteiger charge is -2.06. The molecule has 0 aliphatic carbocycles. The van der Waals surface area contributed by atoms with Gasteiger partial charge >= 0.3 is 11.8 Å². The van der Waals surface area contributed by atoms with Gasteiger partial charge in [-0.05, 0) is 35.7 Å². The van der Waals surface area contributed by atoms with E-state index in [9.17, 15) is 0 Å². The van der Waals surface area contributed by atoms with Crippen LogP contribution in [-0.2, 0) is 0 Å². The molecule has 0 saturated carbocycles. The van der Waals surface area contributed by atoms with E-state index < -0.39 is 0 Å². The predicted octanol–water partition coefficient (Wildman–Crippen LogP) is 8.98. The summed E-state index contributed by atoms with van der Waals surface area (Å²) in [5, 5.41) is 9.58. The molecule has 192 valence electrons. The highest BCUT2D eigenvalue weighted by molar-refractivity contribution is 6.37. The van der Waals surface area contributed by atoms with Crippen molar-refractivity contribution in [3.05, 3.63) is 121 Å². The highest BCUT2D eigenvalue weighted by atomic mass is 15.2. The number of nitrogens with zero attached hydrogens (tertiary/aromatic N) is 6. The van der Waals surface area contributed by atoms with E-state index >= 15 is 0 Å². The Morgan fingerprint density at radius 2 is 1.38 bits per heavy atom. The molecule has 0 bridgehead atoms. The Morgan fingerprint density at radius 1 is 0.595 bits per heavy atom. The number of hydrogen-bond acceptors (Lipinski definition) is 3. The first-order chi connectivity index (χ1) is 20.8. The van der Waals surface area contributed by atoms with Gasteiger partial charge in [-0.2, -0.15) is 4.98 Å². The second kappa shape index (κ2) is 7.57. The van der Waals surface area contributed by atoms with Crippen LogP contribution in [0.4, 0.5) is 5.82 Å². The molecule has 42 heavy (non-hydrogen) atoms. The first-order valence-electron chi connectivity index (χ1n) is 13.8. The third-order valence-electron chi connectivity index (χ3n) is 8.72. The Morgan fingerprint density at radius 3 is 2.26 bits per heavy atom. The van der Waals surface area contributed by atoms with Crippen molar-refractivity contribution in [2.24, 2.45) is 0 Å². The topological polar surface area (TPSA) is 52.4 Å². The zero-order valence-electron chi connectivity index (χ0n) is 22.1. The second-order valence-corrected chi connectivity index (χ2v) is 10.8. The molecule has 0 saturated heterocycles. The largest absolute Gasteiger partial charge is 0.359 e. The monoisotopic (exact) mass is 534 g/mol. The number of pyridine rings is 1. The maximum atomic E-state index is 7.85. The number of hydrogen-bond donors (Lipinski definition) is 0. The van der Waals surface area contributed by atoms with E-state index in [0.717, 1.165) is 21.8 Å². The summed E-state index contributed by atoms with van der Waals surface area (Å²) in [4.78, 5) is 17.9. The molecule has 0 amide bonds.